The van der Waals surface area contributed by atoms with Crippen molar-refractivity contribution in [1.82, 2.24) is 9.80 Å². The summed E-state index contributed by atoms with van der Waals surface area (Å²) in [5, 5.41) is 0. The van der Waals surface area contributed by atoms with Gasteiger partial charge in [-0.3, -0.25) is 4.90 Å². The van der Waals surface area contributed by atoms with Crippen molar-refractivity contribution < 1.29 is 9.47 Å². The molecule has 2 heterocycles. The van der Waals surface area contributed by atoms with Crippen molar-refractivity contribution in [2.75, 3.05) is 38.5 Å². The van der Waals surface area contributed by atoms with Crippen molar-refractivity contribution >= 4 is 11.8 Å². The zero-order valence-corrected chi connectivity index (χ0v) is 17.1. The van der Waals surface area contributed by atoms with E-state index in [0.29, 0.717) is 0 Å². The minimum absolute atomic E-state index is 0.829. The third-order valence-corrected chi connectivity index (χ3v) is 6.32. The predicted octanol–water partition coefficient (Wildman–Crippen LogP) is 4.75. The normalized spacial score (nSPS) is 20.0. The molecule has 0 aromatic heterocycles. The molecule has 4 nitrogen and oxygen atoms in total. The fourth-order valence-corrected chi connectivity index (χ4v) is 4.44. The lowest BCUT2D eigenvalue weighted by Gasteiger charge is -2.36. The molecule has 4 rings (SSSR count). The summed E-state index contributed by atoms with van der Waals surface area (Å²) in [7, 11) is 0. The molecule has 1 aromatic rings. The standard InChI is InChI=1S/C23H28N2O2S/c1-3-8-20(9-4-1)22-18-27-23(19-26-22)25-15-13-24(14-16-25)12-7-17-28-21-10-5-2-6-11-21/h1-3,5-6,8,10-11,18-19H,4,7,9,12-17H2. The Labute approximate surface area is 172 Å². The maximum absolute atomic E-state index is 5.88. The van der Waals surface area contributed by atoms with Crippen LogP contribution < -0.4 is 0 Å². The number of benzene rings is 1. The van der Waals surface area contributed by atoms with Gasteiger partial charge in [0, 0.05) is 31.1 Å². The Morgan fingerprint density at radius 3 is 2.54 bits per heavy atom. The third kappa shape index (κ3) is 5.24. The van der Waals surface area contributed by atoms with Crippen LogP contribution in [0.4, 0.5) is 0 Å². The van der Waals surface area contributed by atoms with Gasteiger partial charge in [-0.2, -0.15) is 0 Å². The molecule has 0 radical (unpaired) electrons. The van der Waals surface area contributed by atoms with Gasteiger partial charge in [0.25, 0.3) is 0 Å². The van der Waals surface area contributed by atoms with Gasteiger partial charge >= 0.3 is 0 Å². The highest BCUT2D eigenvalue weighted by Gasteiger charge is 2.22. The maximum Gasteiger partial charge on any atom is 0.231 e. The summed E-state index contributed by atoms with van der Waals surface area (Å²) in [6, 6.07) is 10.7. The van der Waals surface area contributed by atoms with E-state index in [0.717, 1.165) is 57.2 Å². The van der Waals surface area contributed by atoms with Gasteiger partial charge in [0.1, 0.15) is 6.26 Å². The van der Waals surface area contributed by atoms with Crippen LogP contribution in [0.3, 0.4) is 0 Å². The van der Waals surface area contributed by atoms with Gasteiger partial charge in [0.05, 0.1) is 0 Å². The first-order valence-corrected chi connectivity index (χ1v) is 11.1. The first kappa shape index (κ1) is 19.2. The molecule has 0 N–H and O–H groups in total. The molecule has 0 spiro atoms. The van der Waals surface area contributed by atoms with Gasteiger partial charge in [-0.1, -0.05) is 36.4 Å². The average Bonchev–Trinajstić information content (AvgIpc) is 2.79. The van der Waals surface area contributed by atoms with Crippen LogP contribution >= 0.6 is 11.8 Å². The topological polar surface area (TPSA) is 24.9 Å². The number of rotatable bonds is 7. The Morgan fingerprint density at radius 1 is 0.964 bits per heavy atom. The Balaban J connectivity index is 1.15. The van der Waals surface area contributed by atoms with Crippen LogP contribution in [0.15, 0.2) is 83.2 Å². The third-order valence-electron chi connectivity index (χ3n) is 5.22. The van der Waals surface area contributed by atoms with Crippen LogP contribution in [0.1, 0.15) is 19.3 Å². The number of hydrogen-bond donors (Lipinski definition) is 0. The molecule has 0 saturated carbocycles. The van der Waals surface area contributed by atoms with Crippen molar-refractivity contribution in [3.63, 3.8) is 0 Å². The quantitative estimate of drug-likeness (QED) is 0.489. The molecule has 2 aliphatic heterocycles. The van der Waals surface area contributed by atoms with Crippen LogP contribution in [-0.4, -0.2) is 48.3 Å². The number of ether oxygens (including phenoxy) is 2. The van der Waals surface area contributed by atoms with Gasteiger partial charge in [0.15, 0.2) is 12.0 Å². The molecule has 0 bridgehead atoms. The van der Waals surface area contributed by atoms with Gasteiger partial charge in [-0.15, -0.1) is 11.8 Å². The molecule has 0 amide bonds. The minimum atomic E-state index is 0.829. The molecule has 1 aromatic carbocycles. The molecule has 28 heavy (non-hydrogen) atoms. The Hall–Kier alpha value is -2.11. The summed E-state index contributed by atoms with van der Waals surface area (Å²) in [6.45, 7) is 5.27. The summed E-state index contributed by atoms with van der Waals surface area (Å²) >= 11 is 1.95. The number of nitrogens with zero attached hydrogens (tertiary/aromatic N) is 2. The van der Waals surface area contributed by atoms with Crippen molar-refractivity contribution in [1.29, 1.82) is 0 Å². The highest BCUT2D eigenvalue weighted by atomic mass is 32.2. The average molecular weight is 397 g/mol. The molecule has 148 valence electrons. The largest absolute Gasteiger partial charge is 0.456 e. The van der Waals surface area contributed by atoms with Crippen LogP contribution in [0.2, 0.25) is 0 Å². The predicted molar refractivity (Wildman–Crippen MR) is 115 cm³/mol. The minimum Gasteiger partial charge on any atom is -0.456 e. The molecule has 1 aliphatic carbocycles. The van der Waals surface area contributed by atoms with Gasteiger partial charge < -0.3 is 14.4 Å². The van der Waals surface area contributed by atoms with E-state index < -0.39 is 0 Å². The van der Waals surface area contributed by atoms with Crippen LogP contribution in [0.5, 0.6) is 0 Å². The molecule has 3 aliphatic rings. The number of hydrogen-bond acceptors (Lipinski definition) is 5. The van der Waals surface area contributed by atoms with Crippen LogP contribution in [-0.2, 0) is 9.47 Å². The fraction of sp³-hybridized carbons (Fsp3) is 0.391. The van der Waals surface area contributed by atoms with Crippen LogP contribution in [0.25, 0.3) is 0 Å². The first-order chi connectivity index (χ1) is 13.9. The summed E-state index contributed by atoms with van der Waals surface area (Å²) in [4.78, 5) is 6.19. The zero-order chi connectivity index (χ0) is 19.0. The van der Waals surface area contributed by atoms with Crippen molar-refractivity contribution in [3.05, 3.63) is 78.3 Å². The first-order valence-electron chi connectivity index (χ1n) is 10.1. The van der Waals surface area contributed by atoms with Gasteiger partial charge in [0.2, 0.25) is 5.88 Å². The lowest BCUT2D eigenvalue weighted by molar-refractivity contribution is 0.0848. The summed E-state index contributed by atoms with van der Waals surface area (Å²) < 4.78 is 11.7. The van der Waals surface area contributed by atoms with E-state index >= 15 is 0 Å². The van der Waals surface area contributed by atoms with E-state index in [2.05, 4.69) is 58.4 Å². The fourth-order valence-electron chi connectivity index (χ4n) is 3.58. The Kier molecular flexibility index (Phi) is 6.79. The maximum atomic E-state index is 5.88. The lowest BCUT2D eigenvalue weighted by Crippen LogP contribution is -2.46. The van der Waals surface area contributed by atoms with E-state index in [1.54, 1.807) is 12.5 Å². The molecular formula is C23H28N2O2S. The summed E-state index contributed by atoms with van der Waals surface area (Å²) in [5.41, 5.74) is 1.20. The van der Waals surface area contributed by atoms with E-state index in [1.807, 2.05) is 11.8 Å². The van der Waals surface area contributed by atoms with Crippen molar-refractivity contribution in [3.8, 4) is 0 Å². The van der Waals surface area contributed by atoms with E-state index in [9.17, 15) is 0 Å². The number of piperazine rings is 1. The second-order valence-corrected chi connectivity index (χ2v) is 8.34. The number of allylic oxidation sites excluding steroid dienone is 4. The molecule has 0 unspecified atom stereocenters. The number of thioether (sulfide) groups is 1. The zero-order valence-electron chi connectivity index (χ0n) is 16.3. The summed E-state index contributed by atoms with van der Waals surface area (Å²) in [5.74, 6) is 2.84. The van der Waals surface area contributed by atoms with Crippen molar-refractivity contribution in [2.24, 2.45) is 0 Å². The molecular weight excluding hydrogens is 368 g/mol. The van der Waals surface area contributed by atoms with Crippen LogP contribution in [0, 0.1) is 0 Å². The SMILES string of the molecule is C1=CCCC(C2=COC(N3CCN(CCCSc4ccccc4)CC3)=CO2)=C1. The van der Waals surface area contributed by atoms with Gasteiger partial charge in [-0.25, -0.2) is 0 Å². The van der Waals surface area contributed by atoms with Gasteiger partial charge in [-0.05, 0) is 49.3 Å². The second kappa shape index (κ2) is 9.89. The monoisotopic (exact) mass is 396 g/mol. The molecule has 0 atom stereocenters. The summed E-state index contributed by atoms with van der Waals surface area (Å²) in [6.07, 6.45) is 13.2. The Bertz CT molecular complexity index is 762. The smallest absolute Gasteiger partial charge is 0.231 e. The van der Waals surface area contributed by atoms with E-state index in [-0.39, 0.29) is 0 Å². The van der Waals surface area contributed by atoms with E-state index in [4.69, 9.17) is 9.47 Å². The van der Waals surface area contributed by atoms with Crippen molar-refractivity contribution in [2.45, 2.75) is 24.2 Å². The molecule has 1 saturated heterocycles. The molecule has 1 fully saturated rings. The molecule has 5 heteroatoms. The van der Waals surface area contributed by atoms with E-state index in [1.165, 1.54) is 22.6 Å². The highest BCUT2D eigenvalue weighted by Crippen LogP contribution is 2.26. The second-order valence-electron chi connectivity index (χ2n) is 7.18. The Morgan fingerprint density at radius 2 is 1.82 bits per heavy atom. The lowest BCUT2D eigenvalue weighted by atomic mass is 10.0. The highest BCUT2D eigenvalue weighted by molar-refractivity contribution is 7.99.